The SMILES string of the molecule is CNc1cc(Nc2cnc(C3CC3)cn2)nc(N2CC3CC3C2)c1. The van der Waals surface area contributed by atoms with E-state index in [1.165, 1.54) is 19.3 Å². The summed E-state index contributed by atoms with van der Waals surface area (Å²) in [4.78, 5) is 16.2. The lowest BCUT2D eigenvalue weighted by atomic mass is 10.3. The summed E-state index contributed by atoms with van der Waals surface area (Å²) in [6.45, 7) is 2.28. The van der Waals surface area contributed by atoms with Crippen LogP contribution in [0.4, 0.5) is 23.1 Å². The quantitative estimate of drug-likeness (QED) is 0.882. The van der Waals surface area contributed by atoms with Gasteiger partial charge in [0.25, 0.3) is 0 Å². The summed E-state index contributed by atoms with van der Waals surface area (Å²) in [6, 6.07) is 4.13. The first kappa shape index (κ1) is 14.0. The summed E-state index contributed by atoms with van der Waals surface area (Å²) in [5.74, 6) is 5.01. The predicted molar refractivity (Wildman–Crippen MR) is 94.9 cm³/mol. The molecule has 0 bridgehead atoms. The number of rotatable bonds is 5. The van der Waals surface area contributed by atoms with Gasteiger partial charge in [0, 0.05) is 43.9 Å². The third-order valence-electron chi connectivity index (χ3n) is 5.33. The number of fused-ring (bicyclic) bond motifs is 1. The minimum atomic E-state index is 0.630. The number of nitrogens with zero attached hydrogens (tertiary/aromatic N) is 4. The number of piperidine rings is 1. The first-order chi connectivity index (χ1) is 11.8. The molecule has 3 aliphatic rings. The summed E-state index contributed by atoms with van der Waals surface area (Å²) < 4.78 is 0. The standard InChI is InChI=1S/C18H22N6/c1-19-14-5-16(22-17-8-20-15(7-21-17)11-2-3-11)23-18(6-14)24-9-12-4-13(12)10-24/h5-8,11-13H,2-4,9-10H2,1H3,(H2,19,21,22,23). The zero-order chi connectivity index (χ0) is 16.1. The molecule has 0 aromatic carbocycles. The molecule has 3 fully saturated rings. The van der Waals surface area contributed by atoms with Crippen LogP contribution in [0.5, 0.6) is 0 Å². The van der Waals surface area contributed by atoms with Crippen LogP contribution >= 0.6 is 0 Å². The normalized spacial score (nSPS) is 24.6. The van der Waals surface area contributed by atoms with Gasteiger partial charge < -0.3 is 15.5 Å². The van der Waals surface area contributed by atoms with E-state index in [1.54, 1.807) is 0 Å². The molecule has 1 aliphatic heterocycles. The van der Waals surface area contributed by atoms with Crippen LogP contribution < -0.4 is 15.5 Å². The minimum Gasteiger partial charge on any atom is -0.388 e. The van der Waals surface area contributed by atoms with Crippen molar-refractivity contribution >= 4 is 23.1 Å². The second-order valence-electron chi connectivity index (χ2n) is 7.24. The van der Waals surface area contributed by atoms with E-state index < -0.39 is 0 Å². The van der Waals surface area contributed by atoms with Crippen molar-refractivity contribution in [3.8, 4) is 0 Å². The highest BCUT2D eigenvalue weighted by Crippen LogP contribution is 2.46. The summed E-state index contributed by atoms with van der Waals surface area (Å²) in [5.41, 5.74) is 2.17. The van der Waals surface area contributed by atoms with Gasteiger partial charge in [0.2, 0.25) is 0 Å². The van der Waals surface area contributed by atoms with E-state index >= 15 is 0 Å². The third kappa shape index (κ3) is 2.66. The maximum absolute atomic E-state index is 4.79. The van der Waals surface area contributed by atoms with E-state index in [4.69, 9.17) is 4.98 Å². The van der Waals surface area contributed by atoms with Gasteiger partial charge in [0.15, 0.2) is 0 Å². The molecule has 2 atom stereocenters. The van der Waals surface area contributed by atoms with Gasteiger partial charge in [-0.3, -0.25) is 4.98 Å². The molecular weight excluding hydrogens is 300 g/mol. The molecule has 2 N–H and O–H groups in total. The molecule has 3 heterocycles. The number of aromatic nitrogens is 3. The second-order valence-corrected chi connectivity index (χ2v) is 7.24. The molecule has 2 aliphatic carbocycles. The van der Waals surface area contributed by atoms with Crippen molar-refractivity contribution in [1.82, 2.24) is 15.0 Å². The molecule has 2 unspecified atom stereocenters. The summed E-state index contributed by atoms with van der Waals surface area (Å²) >= 11 is 0. The van der Waals surface area contributed by atoms with Crippen LogP contribution in [0.1, 0.15) is 30.9 Å². The average molecular weight is 322 g/mol. The van der Waals surface area contributed by atoms with Gasteiger partial charge in [-0.15, -0.1) is 0 Å². The number of hydrogen-bond donors (Lipinski definition) is 2. The van der Waals surface area contributed by atoms with E-state index in [0.29, 0.717) is 5.92 Å². The molecule has 0 spiro atoms. The fourth-order valence-corrected chi connectivity index (χ4v) is 3.60. The Bertz CT molecular complexity index is 745. The first-order valence-corrected chi connectivity index (χ1v) is 8.82. The van der Waals surface area contributed by atoms with E-state index in [2.05, 4.69) is 31.6 Å². The van der Waals surface area contributed by atoms with Crippen LogP contribution in [0.3, 0.4) is 0 Å². The van der Waals surface area contributed by atoms with Crippen molar-refractivity contribution < 1.29 is 0 Å². The Labute approximate surface area is 141 Å². The largest absolute Gasteiger partial charge is 0.388 e. The summed E-state index contributed by atoms with van der Waals surface area (Å²) in [5, 5.41) is 6.53. The van der Waals surface area contributed by atoms with E-state index in [1.807, 2.05) is 25.5 Å². The lowest BCUT2D eigenvalue weighted by Gasteiger charge is -2.21. The van der Waals surface area contributed by atoms with Crippen LogP contribution in [0.2, 0.25) is 0 Å². The number of nitrogens with one attached hydrogen (secondary N) is 2. The van der Waals surface area contributed by atoms with E-state index in [9.17, 15) is 0 Å². The Morgan fingerprint density at radius 1 is 1.04 bits per heavy atom. The average Bonchev–Trinajstić information content (AvgIpc) is 3.54. The Kier molecular flexibility index (Phi) is 3.11. The molecule has 124 valence electrons. The molecule has 0 amide bonds. The molecular formula is C18H22N6. The fraction of sp³-hybridized carbons (Fsp3) is 0.500. The van der Waals surface area contributed by atoms with E-state index in [-0.39, 0.29) is 0 Å². The summed E-state index contributed by atoms with van der Waals surface area (Å²) in [7, 11) is 1.94. The van der Waals surface area contributed by atoms with Crippen molar-refractivity contribution in [2.75, 3.05) is 35.7 Å². The second kappa shape index (κ2) is 5.33. The molecule has 24 heavy (non-hydrogen) atoms. The Hall–Kier alpha value is -2.37. The Morgan fingerprint density at radius 3 is 2.54 bits per heavy atom. The van der Waals surface area contributed by atoms with Gasteiger partial charge in [-0.05, 0) is 31.1 Å². The lowest BCUT2D eigenvalue weighted by molar-refractivity contribution is 0.806. The predicted octanol–water partition coefficient (Wildman–Crippen LogP) is 2.99. The van der Waals surface area contributed by atoms with Crippen molar-refractivity contribution in [1.29, 1.82) is 0 Å². The molecule has 5 rings (SSSR count). The Balaban J connectivity index is 1.37. The number of hydrogen-bond acceptors (Lipinski definition) is 6. The van der Waals surface area contributed by atoms with Gasteiger partial charge >= 0.3 is 0 Å². The highest BCUT2D eigenvalue weighted by molar-refractivity contribution is 5.64. The van der Waals surface area contributed by atoms with Crippen LogP contribution in [-0.4, -0.2) is 35.1 Å². The maximum atomic E-state index is 4.79. The lowest BCUT2D eigenvalue weighted by Crippen LogP contribution is -2.23. The molecule has 2 aromatic rings. The van der Waals surface area contributed by atoms with Crippen molar-refractivity contribution in [2.45, 2.75) is 25.2 Å². The summed E-state index contributed by atoms with van der Waals surface area (Å²) in [6.07, 6.45) is 7.59. The van der Waals surface area contributed by atoms with Crippen LogP contribution in [0.15, 0.2) is 24.5 Å². The van der Waals surface area contributed by atoms with Gasteiger partial charge in [-0.2, -0.15) is 0 Å². The van der Waals surface area contributed by atoms with Crippen molar-refractivity contribution in [3.63, 3.8) is 0 Å². The highest BCUT2D eigenvalue weighted by Gasteiger charge is 2.45. The zero-order valence-corrected chi connectivity index (χ0v) is 13.9. The minimum absolute atomic E-state index is 0.630. The smallest absolute Gasteiger partial charge is 0.150 e. The first-order valence-electron chi connectivity index (χ1n) is 8.82. The Morgan fingerprint density at radius 2 is 1.88 bits per heavy atom. The monoisotopic (exact) mass is 322 g/mol. The topological polar surface area (TPSA) is 66.0 Å². The van der Waals surface area contributed by atoms with Gasteiger partial charge in [0.1, 0.15) is 17.5 Å². The zero-order valence-electron chi connectivity index (χ0n) is 13.9. The molecule has 1 saturated heterocycles. The van der Waals surface area contributed by atoms with Gasteiger partial charge in [-0.25, -0.2) is 9.97 Å². The van der Waals surface area contributed by atoms with Gasteiger partial charge in [0.05, 0.1) is 18.1 Å². The molecule has 2 aromatic heterocycles. The van der Waals surface area contributed by atoms with Crippen LogP contribution in [-0.2, 0) is 0 Å². The number of anilines is 4. The molecule has 6 heteroatoms. The highest BCUT2D eigenvalue weighted by atomic mass is 15.2. The number of pyridine rings is 1. The van der Waals surface area contributed by atoms with E-state index in [0.717, 1.165) is 53.8 Å². The van der Waals surface area contributed by atoms with Crippen molar-refractivity contribution in [3.05, 3.63) is 30.2 Å². The molecule has 0 radical (unpaired) electrons. The van der Waals surface area contributed by atoms with Crippen LogP contribution in [0.25, 0.3) is 0 Å². The molecule has 6 nitrogen and oxygen atoms in total. The van der Waals surface area contributed by atoms with Crippen molar-refractivity contribution in [2.24, 2.45) is 11.8 Å². The fourth-order valence-electron chi connectivity index (χ4n) is 3.60. The third-order valence-corrected chi connectivity index (χ3v) is 5.33. The van der Waals surface area contributed by atoms with Gasteiger partial charge in [-0.1, -0.05) is 0 Å². The molecule has 2 saturated carbocycles. The maximum Gasteiger partial charge on any atom is 0.150 e. The van der Waals surface area contributed by atoms with Crippen LogP contribution in [0, 0.1) is 11.8 Å².